The highest BCUT2D eigenvalue weighted by molar-refractivity contribution is 9.10. The van der Waals surface area contributed by atoms with Crippen molar-refractivity contribution in [1.29, 1.82) is 0 Å². The van der Waals surface area contributed by atoms with Crippen LogP contribution in [0.2, 0.25) is 0 Å². The van der Waals surface area contributed by atoms with Gasteiger partial charge < -0.3 is 19.9 Å². The molecule has 1 aliphatic rings. The first-order valence-electron chi connectivity index (χ1n) is 5.62. The van der Waals surface area contributed by atoms with Crippen LogP contribution in [0.3, 0.4) is 0 Å². The van der Waals surface area contributed by atoms with Gasteiger partial charge in [0.05, 0.1) is 5.69 Å². The van der Waals surface area contributed by atoms with Crippen LogP contribution in [-0.2, 0) is 9.59 Å². The predicted molar refractivity (Wildman–Crippen MR) is 70.6 cm³/mol. The molecule has 102 valence electrons. The zero-order valence-corrected chi connectivity index (χ0v) is 11.7. The lowest BCUT2D eigenvalue weighted by Crippen LogP contribution is -2.27. The van der Waals surface area contributed by atoms with Crippen LogP contribution in [0, 0.1) is 5.92 Å². The molecule has 0 spiro atoms. The molecular weight excluding hydrogens is 318 g/mol. The van der Waals surface area contributed by atoms with Gasteiger partial charge in [0.15, 0.2) is 11.5 Å². The van der Waals surface area contributed by atoms with Gasteiger partial charge in [0, 0.05) is 16.6 Å². The average molecular weight is 330 g/mol. The highest BCUT2D eigenvalue weighted by Gasteiger charge is 2.22. The maximum Gasteiger partial charge on any atom is 0.315 e. The Hall–Kier alpha value is -1.76. The normalized spacial score (nSPS) is 14.6. The molecule has 1 aromatic carbocycles. The first-order chi connectivity index (χ1) is 8.99. The van der Waals surface area contributed by atoms with E-state index in [0.29, 0.717) is 34.9 Å². The summed E-state index contributed by atoms with van der Waals surface area (Å²) in [4.78, 5) is 22.4. The largest absolute Gasteiger partial charge is 0.486 e. The summed E-state index contributed by atoms with van der Waals surface area (Å²) in [5, 5.41) is 11.3. The van der Waals surface area contributed by atoms with Gasteiger partial charge in [-0.15, -0.1) is 0 Å². The van der Waals surface area contributed by atoms with Crippen molar-refractivity contribution in [2.45, 2.75) is 6.92 Å². The number of aliphatic carboxylic acids is 1. The van der Waals surface area contributed by atoms with Crippen LogP contribution in [-0.4, -0.2) is 30.2 Å². The summed E-state index contributed by atoms with van der Waals surface area (Å²) in [7, 11) is 0. The zero-order chi connectivity index (χ0) is 14.0. The zero-order valence-electron chi connectivity index (χ0n) is 10.1. The fourth-order valence-electron chi connectivity index (χ4n) is 1.51. The fraction of sp³-hybridized carbons (Fsp3) is 0.333. The van der Waals surface area contributed by atoms with E-state index in [2.05, 4.69) is 21.2 Å². The van der Waals surface area contributed by atoms with Crippen molar-refractivity contribution in [3.8, 4) is 11.5 Å². The van der Waals surface area contributed by atoms with Gasteiger partial charge >= 0.3 is 5.97 Å². The summed E-state index contributed by atoms with van der Waals surface area (Å²) in [5.41, 5.74) is 0.447. The van der Waals surface area contributed by atoms with Gasteiger partial charge in [0.25, 0.3) is 0 Å². The summed E-state index contributed by atoms with van der Waals surface area (Å²) in [6.07, 6.45) is 0. The molecule has 1 aliphatic heterocycles. The Morgan fingerprint density at radius 1 is 1.32 bits per heavy atom. The van der Waals surface area contributed by atoms with Crippen LogP contribution < -0.4 is 14.8 Å². The van der Waals surface area contributed by atoms with Gasteiger partial charge in [-0.25, -0.2) is 0 Å². The number of hydrogen-bond donors (Lipinski definition) is 2. The number of fused-ring (bicyclic) bond motifs is 1. The van der Waals surface area contributed by atoms with E-state index in [9.17, 15) is 9.59 Å². The average Bonchev–Trinajstić information content (AvgIpc) is 2.38. The summed E-state index contributed by atoms with van der Waals surface area (Å²) in [5.74, 6) is -1.79. The number of hydrogen-bond acceptors (Lipinski definition) is 4. The highest BCUT2D eigenvalue weighted by Crippen LogP contribution is 2.38. The molecular formula is C12H12BrNO5. The molecule has 1 heterocycles. The van der Waals surface area contributed by atoms with Gasteiger partial charge in [0.2, 0.25) is 5.91 Å². The number of ether oxygens (including phenoxy) is 2. The fourth-order valence-corrected chi connectivity index (χ4v) is 1.93. The Labute approximate surface area is 117 Å². The summed E-state index contributed by atoms with van der Waals surface area (Å²) < 4.78 is 11.4. The molecule has 0 saturated heterocycles. The standard InChI is InChI=1S/C12H12BrNO5/c1-6(12(16)17)11(15)14-8-5-10-9(4-7(8)13)18-2-3-19-10/h4-6H,2-3H2,1H3,(H,14,15)(H,16,17). The lowest BCUT2D eigenvalue weighted by Gasteiger charge is -2.20. The minimum absolute atomic E-state index is 0.438. The second kappa shape index (κ2) is 5.48. The van der Waals surface area contributed by atoms with E-state index >= 15 is 0 Å². The van der Waals surface area contributed by atoms with Gasteiger partial charge in [0.1, 0.15) is 19.1 Å². The first-order valence-corrected chi connectivity index (χ1v) is 6.41. The monoisotopic (exact) mass is 329 g/mol. The number of anilines is 1. The molecule has 2 rings (SSSR count). The summed E-state index contributed by atoms with van der Waals surface area (Å²) in [6, 6.07) is 3.28. The molecule has 0 fully saturated rings. The maximum absolute atomic E-state index is 11.7. The minimum Gasteiger partial charge on any atom is -0.486 e. The lowest BCUT2D eigenvalue weighted by atomic mass is 10.1. The van der Waals surface area contributed by atoms with Crippen molar-refractivity contribution < 1.29 is 24.2 Å². The maximum atomic E-state index is 11.7. The summed E-state index contributed by atoms with van der Waals surface area (Å²) in [6.45, 7) is 2.23. The van der Waals surface area contributed by atoms with Gasteiger partial charge in [-0.1, -0.05) is 0 Å². The van der Waals surface area contributed by atoms with Crippen LogP contribution in [0.4, 0.5) is 5.69 Å². The van der Waals surface area contributed by atoms with Crippen LogP contribution in [0.15, 0.2) is 16.6 Å². The Morgan fingerprint density at radius 3 is 2.47 bits per heavy atom. The number of carboxylic acid groups (broad SMARTS) is 1. The van der Waals surface area contributed by atoms with Crippen LogP contribution >= 0.6 is 15.9 Å². The number of carbonyl (C=O) groups excluding carboxylic acids is 1. The van der Waals surface area contributed by atoms with Crippen molar-refractivity contribution in [3.05, 3.63) is 16.6 Å². The van der Waals surface area contributed by atoms with E-state index in [1.165, 1.54) is 6.92 Å². The highest BCUT2D eigenvalue weighted by atomic mass is 79.9. The lowest BCUT2D eigenvalue weighted by molar-refractivity contribution is -0.144. The van der Waals surface area contributed by atoms with Crippen LogP contribution in [0.1, 0.15) is 6.92 Å². The molecule has 0 aliphatic carbocycles. The second-order valence-corrected chi connectivity index (χ2v) is 4.88. The smallest absolute Gasteiger partial charge is 0.315 e. The van der Waals surface area contributed by atoms with Crippen molar-refractivity contribution >= 4 is 33.5 Å². The molecule has 19 heavy (non-hydrogen) atoms. The van der Waals surface area contributed by atoms with E-state index < -0.39 is 17.8 Å². The number of rotatable bonds is 3. The SMILES string of the molecule is CC(C(=O)O)C(=O)Nc1cc2c(cc1Br)OCCO2. The third-order valence-corrected chi connectivity index (χ3v) is 3.31. The van der Waals surface area contributed by atoms with E-state index in [1.54, 1.807) is 12.1 Å². The Bertz CT molecular complexity index is 531. The number of amides is 1. The molecule has 0 bridgehead atoms. The van der Waals surface area contributed by atoms with Crippen LogP contribution in [0.25, 0.3) is 0 Å². The molecule has 0 radical (unpaired) electrons. The Balaban J connectivity index is 2.21. The molecule has 6 nitrogen and oxygen atoms in total. The van der Waals surface area contributed by atoms with E-state index in [-0.39, 0.29) is 0 Å². The predicted octanol–water partition coefficient (Wildman–Crippen LogP) is 1.88. The molecule has 1 aromatic rings. The molecule has 2 N–H and O–H groups in total. The van der Waals surface area contributed by atoms with Crippen molar-refractivity contribution in [2.75, 3.05) is 18.5 Å². The first kappa shape index (κ1) is 13.7. The topological polar surface area (TPSA) is 84.9 Å². The van der Waals surface area contributed by atoms with E-state index in [1.807, 2.05) is 0 Å². The number of nitrogens with one attached hydrogen (secondary N) is 1. The van der Waals surface area contributed by atoms with Crippen molar-refractivity contribution in [2.24, 2.45) is 5.92 Å². The number of benzene rings is 1. The van der Waals surface area contributed by atoms with E-state index in [0.717, 1.165) is 0 Å². The van der Waals surface area contributed by atoms with Crippen molar-refractivity contribution in [3.63, 3.8) is 0 Å². The minimum atomic E-state index is -1.17. The Kier molecular flexibility index (Phi) is 3.94. The van der Waals surface area contributed by atoms with E-state index in [4.69, 9.17) is 14.6 Å². The molecule has 0 saturated carbocycles. The third-order valence-electron chi connectivity index (χ3n) is 2.65. The quantitative estimate of drug-likeness (QED) is 0.827. The molecule has 1 atom stereocenters. The summed E-state index contributed by atoms with van der Waals surface area (Å²) >= 11 is 3.29. The Morgan fingerprint density at radius 2 is 1.89 bits per heavy atom. The van der Waals surface area contributed by atoms with Crippen LogP contribution in [0.5, 0.6) is 11.5 Å². The number of carboxylic acids is 1. The molecule has 1 unspecified atom stereocenters. The van der Waals surface area contributed by atoms with Gasteiger partial charge in [-0.05, 0) is 22.9 Å². The third kappa shape index (κ3) is 2.98. The molecule has 1 amide bonds. The van der Waals surface area contributed by atoms with Gasteiger partial charge in [-0.3, -0.25) is 9.59 Å². The van der Waals surface area contributed by atoms with Gasteiger partial charge in [-0.2, -0.15) is 0 Å². The second-order valence-electron chi connectivity index (χ2n) is 4.02. The molecule has 0 aromatic heterocycles. The number of carbonyl (C=O) groups is 2. The number of halogens is 1. The van der Waals surface area contributed by atoms with Crippen molar-refractivity contribution in [1.82, 2.24) is 0 Å². The molecule has 7 heteroatoms.